The molecule has 0 aliphatic rings. The summed E-state index contributed by atoms with van der Waals surface area (Å²) in [4.78, 5) is 72.5. The SMILES string of the molecule is CCCCCC/C=C\C=C/CCCCCCCC(=O)O[C@H](COC(=O)CCCCCCCCCCCCC(C)CC)COP(=O)(O)OC[C@@H](O)COP(=O)(O)OC[C@@H](COC(=O)CCCCCCCCCCCC)OC(=O)CCCCCCCCCCCC. The number of hydrogen-bond donors (Lipinski definition) is 3. The molecule has 0 aromatic heterocycles. The molecule has 0 rings (SSSR count). The van der Waals surface area contributed by atoms with Crippen LogP contribution in [0.4, 0.5) is 0 Å². The zero-order chi connectivity index (χ0) is 65.6. The largest absolute Gasteiger partial charge is 0.472 e. The summed E-state index contributed by atoms with van der Waals surface area (Å²) < 4.78 is 68.2. The van der Waals surface area contributed by atoms with Gasteiger partial charge in [0.15, 0.2) is 12.2 Å². The molecule has 0 amide bonds. The second kappa shape index (κ2) is 63.0. The molecule has 0 saturated carbocycles. The third kappa shape index (κ3) is 62.7. The first kappa shape index (κ1) is 86.5. The Morgan fingerprint density at radius 1 is 0.360 bits per heavy atom. The van der Waals surface area contributed by atoms with Crippen molar-refractivity contribution in [3.63, 3.8) is 0 Å². The van der Waals surface area contributed by atoms with E-state index < -0.39 is 97.5 Å². The highest BCUT2D eigenvalue weighted by molar-refractivity contribution is 7.47. The third-order valence-electron chi connectivity index (χ3n) is 16.0. The van der Waals surface area contributed by atoms with Crippen LogP contribution < -0.4 is 0 Å². The average molecular weight is 1310 g/mol. The number of carbonyl (C=O) groups is 4. The lowest BCUT2D eigenvalue weighted by Crippen LogP contribution is -2.30. The summed E-state index contributed by atoms with van der Waals surface area (Å²) in [6, 6.07) is 0. The van der Waals surface area contributed by atoms with E-state index in [1.54, 1.807) is 0 Å². The number of carbonyl (C=O) groups excluding carboxylic acids is 4. The molecule has 17 nitrogen and oxygen atoms in total. The van der Waals surface area contributed by atoms with Gasteiger partial charge in [0.1, 0.15) is 19.3 Å². The molecular weight excluding hydrogens is 1170 g/mol. The number of ether oxygens (including phenoxy) is 4. The summed E-state index contributed by atoms with van der Waals surface area (Å²) >= 11 is 0. The van der Waals surface area contributed by atoms with Gasteiger partial charge in [-0.25, -0.2) is 9.13 Å². The standard InChI is InChI=1S/C70H132O17P2/c1-6-10-13-16-19-22-25-26-27-28-29-36-41-46-51-56-70(75)87-66(60-81-68(73)54-49-44-39-35-31-30-32-37-42-47-52-63(5)9-4)62-85-89(78,79)83-58-64(71)57-82-88(76,77)84-61-65(86-69(74)55-50-45-40-34-24-21-18-15-12-8-3)59-80-67(72)53-48-43-38-33-23-20-17-14-11-7-2/h22,25-27,63-66,71H,6-21,23-24,28-62H2,1-5H3,(H,76,77)(H,78,79)/b25-22-,27-26-/t63?,64-,65+,66+/m0/s1. The van der Waals surface area contributed by atoms with Crippen LogP contribution in [0.2, 0.25) is 0 Å². The van der Waals surface area contributed by atoms with Crippen molar-refractivity contribution in [2.24, 2.45) is 5.92 Å². The monoisotopic (exact) mass is 1310 g/mol. The van der Waals surface area contributed by atoms with Gasteiger partial charge in [-0.3, -0.25) is 37.3 Å². The van der Waals surface area contributed by atoms with Gasteiger partial charge in [-0.05, 0) is 57.3 Å². The highest BCUT2D eigenvalue weighted by atomic mass is 31.2. The van der Waals surface area contributed by atoms with Gasteiger partial charge in [0.05, 0.1) is 26.4 Å². The van der Waals surface area contributed by atoms with Crippen LogP contribution in [0.1, 0.15) is 336 Å². The first-order valence-electron chi connectivity index (χ1n) is 36.0. The van der Waals surface area contributed by atoms with E-state index in [4.69, 9.17) is 37.0 Å². The summed E-state index contributed by atoms with van der Waals surface area (Å²) in [5.74, 6) is -1.35. The number of phosphoric acid groups is 2. The van der Waals surface area contributed by atoms with E-state index in [-0.39, 0.29) is 25.7 Å². The molecule has 524 valence electrons. The summed E-state index contributed by atoms with van der Waals surface area (Å²) in [6.07, 6.45) is 52.0. The zero-order valence-corrected chi connectivity index (χ0v) is 58.8. The molecule has 0 aliphatic heterocycles. The average Bonchev–Trinajstić information content (AvgIpc) is 3.55. The van der Waals surface area contributed by atoms with Crippen molar-refractivity contribution < 1.29 is 80.2 Å². The van der Waals surface area contributed by atoms with Crippen LogP contribution in [0.15, 0.2) is 24.3 Å². The molecule has 6 atom stereocenters. The minimum absolute atomic E-state index is 0.0850. The number of phosphoric ester groups is 2. The van der Waals surface area contributed by atoms with E-state index in [0.717, 1.165) is 109 Å². The fourth-order valence-electron chi connectivity index (χ4n) is 10.1. The molecule has 3 unspecified atom stereocenters. The summed E-state index contributed by atoms with van der Waals surface area (Å²) in [7, 11) is -9.91. The van der Waals surface area contributed by atoms with Gasteiger partial charge in [0, 0.05) is 25.7 Å². The first-order chi connectivity index (χ1) is 43.1. The highest BCUT2D eigenvalue weighted by Gasteiger charge is 2.30. The molecule has 0 aliphatic carbocycles. The lowest BCUT2D eigenvalue weighted by molar-refractivity contribution is -0.161. The molecule has 0 saturated heterocycles. The van der Waals surface area contributed by atoms with E-state index in [2.05, 4.69) is 58.9 Å². The van der Waals surface area contributed by atoms with Gasteiger partial charge in [-0.15, -0.1) is 0 Å². The topological polar surface area (TPSA) is 237 Å². The second-order valence-corrected chi connectivity index (χ2v) is 27.7. The van der Waals surface area contributed by atoms with Crippen LogP contribution in [0.5, 0.6) is 0 Å². The van der Waals surface area contributed by atoms with Crippen molar-refractivity contribution in [3.05, 3.63) is 24.3 Å². The molecule has 0 fully saturated rings. The number of esters is 4. The zero-order valence-electron chi connectivity index (χ0n) is 57.0. The van der Waals surface area contributed by atoms with Gasteiger partial charge in [-0.2, -0.15) is 0 Å². The molecule has 0 spiro atoms. The molecule has 19 heteroatoms. The molecule has 3 N–H and O–H groups in total. The van der Waals surface area contributed by atoms with Crippen LogP contribution in [0, 0.1) is 5.92 Å². The smallest absolute Gasteiger partial charge is 0.462 e. The van der Waals surface area contributed by atoms with Gasteiger partial charge in [-0.1, -0.05) is 284 Å². The normalized spacial score (nSPS) is 14.6. The summed E-state index contributed by atoms with van der Waals surface area (Å²) in [5.41, 5.74) is 0. The lowest BCUT2D eigenvalue weighted by Gasteiger charge is -2.21. The maximum atomic E-state index is 13.0. The van der Waals surface area contributed by atoms with Crippen molar-refractivity contribution in [2.75, 3.05) is 39.6 Å². The fourth-order valence-corrected chi connectivity index (χ4v) is 11.6. The quantitative estimate of drug-likeness (QED) is 0.0169. The molecular formula is C70H132O17P2. The van der Waals surface area contributed by atoms with Crippen molar-refractivity contribution in [1.29, 1.82) is 0 Å². The second-order valence-electron chi connectivity index (χ2n) is 24.8. The van der Waals surface area contributed by atoms with Crippen LogP contribution in [0.3, 0.4) is 0 Å². The van der Waals surface area contributed by atoms with E-state index in [1.807, 2.05) is 0 Å². The van der Waals surface area contributed by atoms with Gasteiger partial charge in [0.25, 0.3) is 0 Å². The maximum Gasteiger partial charge on any atom is 0.472 e. The van der Waals surface area contributed by atoms with E-state index in [9.17, 15) is 43.2 Å². The minimum Gasteiger partial charge on any atom is -0.462 e. The Hall–Kier alpha value is -2.46. The Balaban J connectivity index is 5.28. The first-order valence-corrected chi connectivity index (χ1v) is 39.0. The van der Waals surface area contributed by atoms with Gasteiger partial charge in [0.2, 0.25) is 0 Å². The fraction of sp³-hybridized carbons (Fsp3) is 0.886. The highest BCUT2D eigenvalue weighted by Crippen LogP contribution is 2.45. The predicted molar refractivity (Wildman–Crippen MR) is 358 cm³/mol. The summed E-state index contributed by atoms with van der Waals surface area (Å²) in [5, 5.41) is 10.6. The van der Waals surface area contributed by atoms with Crippen molar-refractivity contribution in [1.82, 2.24) is 0 Å². The third-order valence-corrected chi connectivity index (χ3v) is 17.9. The number of hydrogen-bond acceptors (Lipinski definition) is 15. The lowest BCUT2D eigenvalue weighted by atomic mass is 9.99. The molecule has 0 aromatic carbocycles. The Bertz CT molecular complexity index is 1810. The maximum absolute atomic E-state index is 13.0. The predicted octanol–water partition coefficient (Wildman–Crippen LogP) is 19.7. The Morgan fingerprint density at radius 3 is 0.955 bits per heavy atom. The Labute approximate surface area is 542 Å². The summed E-state index contributed by atoms with van der Waals surface area (Å²) in [6.45, 7) is 7.19. The number of allylic oxidation sites excluding steroid dienone is 4. The van der Waals surface area contributed by atoms with Crippen LogP contribution >= 0.6 is 15.6 Å². The Kier molecular flexibility index (Phi) is 61.2. The molecule has 0 heterocycles. The van der Waals surface area contributed by atoms with Gasteiger partial charge < -0.3 is 33.8 Å². The Morgan fingerprint density at radius 2 is 0.629 bits per heavy atom. The van der Waals surface area contributed by atoms with E-state index >= 15 is 0 Å². The number of unbranched alkanes of at least 4 members (excludes halogenated alkanes) is 36. The van der Waals surface area contributed by atoms with Crippen LogP contribution in [-0.2, 0) is 65.4 Å². The van der Waals surface area contributed by atoms with E-state index in [1.165, 1.54) is 148 Å². The minimum atomic E-state index is -4.96. The molecule has 0 aromatic rings. The molecule has 0 radical (unpaired) electrons. The number of rotatable bonds is 68. The van der Waals surface area contributed by atoms with Crippen LogP contribution in [-0.4, -0.2) is 96.7 Å². The molecule has 0 bridgehead atoms. The number of aliphatic hydroxyl groups excluding tert-OH is 1. The van der Waals surface area contributed by atoms with Crippen LogP contribution in [0.25, 0.3) is 0 Å². The number of aliphatic hydroxyl groups is 1. The van der Waals surface area contributed by atoms with Crippen molar-refractivity contribution in [2.45, 2.75) is 355 Å². The van der Waals surface area contributed by atoms with Crippen molar-refractivity contribution in [3.8, 4) is 0 Å². The van der Waals surface area contributed by atoms with E-state index in [0.29, 0.717) is 25.7 Å². The molecule has 89 heavy (non-hydrogen) atoms. The van der Waals surface area contributed by atoms with Gasteiger partial charge >= 0.3 is 39.5 Å². The van der Waals surface area contributed by atoms with Crippen molar-refractivity contribution >= 4 is 39.5 Å².